The Hall–Kier alpha value is -1.55. The minimum Gasteiger partial charge on any atom is -0.508 e. The largest absolute Gasteiger partial charge is 0.508 e. The van der Waals surface area contributed by atoms with Crippen LogP contribution < -0.4 is 5.32 Å². The molecule has 98 valence electrons. The lowest BCUT2D eigenvalue weighted by Crippen LogP contribution is -2.38. The molecule has 1 atom stereocenters. The summed E-state index contributed by atoms with van der Waals surface area (Å²) in [6.45, 7) is 1.83. The SMILES string of the molecule is CN1CCCC1CNC(=O)Cc1cccc(O)c1. The second-order valence-electron chi connectivity index (χ2n) is 4.93. The van der Waals surface area contributed by atoms with Crippen LogP contribution in [-0.2, 0) is 11.2 Å². The van der Waals surface area contributed by atoms with Crippen molar-refractivity contribution in [3.8, 4) is 5.75 Å². The van der Waals surface area contributed by atoms with Crippen LogP contribution in [0, 0.1) is 0 Å². The molecule has 1 heterocycles. The number of hydrogen-bond acceptors (Lipinski definition) is 3. The van der Waals surface area contributed by atoms with E-state index in [9.17, 15) is 9.90 Å². The second kappa shape index (κ2) is 5.87. The molecule has 1 aromatic rings. The number of rotatable bonds is 4. The third-order valence-electron chi connectivity index (χ3n) is 3.48. The predicted octanol–water partition coefficient (Wildman–Crippen LogP) is 1.15. The van der Waals surface area contributed by atoms with Crippen molar-refractivity contribution in [1.82, 2.24) is 10.2 Å². The summed E-state index contributed by atoms with van der Waals surface area (Å²) in [5.74, 6) is 0.219. The summed E-state index contributed by atoms with van der Waals surface area (Å²) in [6.07, 6.45) is 2.69. The van der Waals surface area contributed by atoms with Gasteiger partial charge in [-0.1, -0.05) is 12.1 Å². The number of aromatic hydroxyl groups is 1. The minimum absolute atomic E-state index is 0.0147. The lowest BCUT2D eigenvalue weighted by Gasteiger charge is -2.19. The van der Waals surface area contributed by atoms with Gasteiger partial charge in [-0.25, -0.2) is 0 Å². The lowest BCUT2D eigenvalue weighted by molar-refractivity contribution is -0.120. The Balaban J connectivity index is 1.78. The Bertz CT molecular complexity index is 420. The van der Waals surface area contributed by atoms with Crippen LogP contribution in [0.2, 0.25) is 0 Å². The van der Waals surface area contributed by atoms with Crippen molar-refractivity contribution in [3.63, 3.8) is 0 Å². The van der Waals surface area contributed by atoms with E-state index in [0.29, 0.717) is 19.0 Å². The summed E-state index contributed by atoms with van der Waals surface area (Å²) in [5.41, 5.74) is 0.840. The quantitative estimate of drug-likeness (QED) is 0.840. The van der Waals surface area contributed by atoms with E-state index < -0.39 is 0 Å². The van der Waals surface area contributed by atoms with Crippen molar-refractivity contribution in [2.45, 2.75) is 25.3 Å². The van der Waals surface area contributed by atoms with Crippen LogP contribution in [-0.4, -0.2) is 42.1 Å². The molecular weight excluding hydrogens is 228 g/mol. The summed E-state index contributed by atoms with van der Waals surface area (Å²) in [5, 5.41) is 12.3. The van der Waals surface area contributed by atoms with Crippen LogP contribution in [0.3, 0.4) is 0 Å². The number of carbonyl (C=O) groups is 1. The van der Waals surface area contributed by atoms with Crippen LogP contribution >= 0.6 is 0 Å². The van der Waals surface area contributed by atoms with E-state index in [0.717, 1.165) is 18.5 Å². The summed E-state index contributed by atoms with van der Waals surface area (Å²) in [7, 11) is 2.10. The number of likely N-dealkylation sites (tertiary alicyclic amines) is 1. The molecule has 0 spiro atoms. The molecule has 1 aromatic carbocycles. The van der Waals surface area contributed by atoms with Crippen LogP contribution in [0.1, 0.15) is 18.4 Å². The van der Waals surface area contributed by atoms with E-state index >= 15 is 0 Å². The highest BCUT2D eigenvalue weighted by Crippen LogP contribution is 2.14. The smallest absolute Gasteiger partial charge is 0.224 e. The molecular formula is C14H20N2O2. The van der Waals surface area contributed by atoms with E-state index in [4.69, 9.17) is 0 Å². The molecule has 0 radical (unpaired) electrons. The number of amides is 1. The third kappa shape index (κ3) is 3.47. The molecule has 1 aliphatic rings. The van der Waals surface area contributed by atoms with Crippen LogP contribution in [0.4, 0.5) is 0 Å². The minimum atomic E-state index is 0.0147. The Labute approximate surface area is 108 Å². The van der Waals surface area contributed by atoms with Gasteiger partial charge >= 0.3 is 0 Å². The van der Waals surface area contributed by atoms with Gasteiger partial charge < -0.3 is 15.3 Å². The molecule has 1 fully saturated rings. The highest BCUT2D eigenvalue weighted by molar-refractivity contribution is 5.78. The molecule has 0 bridgehead atoms. The number of carbonyl (C=O) groups excluding carboxylic acids is 1. The van der Waals surface area contributed by atoms with Crippen molar-refractivity contribution in [2.24, 2.45) is 0 Å². The van der Waals surface area contributed by atoms with Gasteiger partial charge in [0.05, 0.1) is 6.42 Å². The zero-order chi connectivity index (χ0) is 13.0. The maximum Gasteiger partial charge on any atom is 0.224 e. The van der Waals surface area contributed by atoms with Gasteiger partial charge in [0.1, 0.15) is 5.75 Å². The summed E-state index contributed by atoms with van der Waals surface area (Å²) >= 11 is 0. The number of likely N-dealkylation sites (N-methyl/N-ethyl adjacent to an activating group) is 1. The van der Waals surface area contributed by atoms with Crippen molar-refractivity contribution < 1.29 is 9.90 Å². The molecule has 2 rings (SSSR count). The van der Waals surface area contributed by atoms with Gasteiger partial charge in [-0.2, -0.15) is 0 Å². The predicted molar refractivity (Wildman–Crippen MR) is 70.5 cm³/mol. The third-order valence-corrected chi connectivity index (χ3v) is 3.48. The van der Waals surface area contributed by atoms with Gasteiger partial charge in [0, 0.05) is 12.6 Å². The zero-order valence-corrected chi connectivity index (χ0v) is 10.7. The molecule has 0 aliphatic carbocycles. The number of hydrogen-bond donors (Lipinski definition) is 2. The van der Waals surface area contributed by atoms with Crippen molar-refractivity contribution >= 4 is 5.91 Å². The highest BCUT2D eigenvalue weighted by atomic mass is 16.3. The van der Waals surface area contributed by atoms with E-state index in [1.807, 2.05) is 6.07 Å². The molecule has 18 heavy (non-hydrogen) atoms. The fourth-order valence-electron chi connectivity index (χ4n) is 2.38. The maximum atomic E-state index is 11.8. The lowest BCUT2D eigenvalue weighted by atomic mass is 10.1. The Morgan fingerprint density at radius 3 is 3.06 bits per heavy atom. The first-order valence-corrected chi connectivity index (χ1v) is 6.40. The molecule has 0 aromatic heterocycles. The second-order valence-corrected chi connectivity index (χ2v) is 4.93. The number of nitrogens with zero attached hydrogens (tertiary/aromatic N) is 1. The monoisotopic (exact) mass is 248 g/mol. The number of phenols is 1. The van der Waals surface area contributed by atoms with E-state index in [2.05, 4.69) is 17.3 Å². The summed E-state index contributed by atoms with van der Waals surface area (Å²) in [6, 6.07) is 7.30. The molecule has 0 saturated carbocycles. The number of benzene rings is 1. The normalized spacial score (nSPS) is 19.9. The number of phenolic OH excluding ortho intramolecular Hbond substituents is 1. The van der Waals surface area contributed by atoms with Crippen molar-refractivity contribution in [3.05, 3.63) is 29.8 Å². The maximum absolute atomic E-state index is 11.8. The summed E-state index contributed by atoms with van der Waals surface area (Å²) < 4.78 is 0. The Morgan fingerprint density at radius 2 is 2.39 bits per heavy atom. The van der Waals surface area contributed by atoms with Crippen molar-refractivity contribution in [2.75, 3.05) is 20.1 Å². The first-order chi connectivity index (χ1) is 8.65. The molecule has 1 unspecified atom stereocenters. The van der Waals surface area contributed by atoms with Crippen LogP contribution in [0.15, 0.2) is 24.3 Å². The molecule has 2 N–H and O–H groups in total. The van der Waals surface area contributed by atoms with Gasteiger partial charge in [0.2, 0.25) is 5.91 Å². The van der Waals surface area contributed by atoms with Gasteiger partial charge in [-0.05, 0) is 44.1 Å². The molecule has 1 saturated heterocycles. The topological polar surface area (TPSA) is 52.6 Å². The van der Waals surface area contributed by atoms with E-state index in [1.54, 1.807) is 18.2 Å². The number of nitrogens with one attached hydrogen (secondary N) is 1. The van der Waals surface area contributed by atoms with Crippen molar-refractivity contribution in [1.29, 1.82) is 0 Å². The zero-order valence-electron chi connectivity index (χ0n) is 10.7. The molecule has 4 heteroatoms. The van der Waals surface area contributed by atoms with Gasteiger partial charge in [-0.15, -0.1) is 0 Å². The average molecular weight is 248 g/mol. The van der Waals surface area contributed by atoms with Crippen LogP contribution in [0.5, 0.6) is 5.75 Å². The van der Waals surface area contributed by atoms with Gasteiger partial charge in [0.25, 0.3) is 0 Å². The highest BCUT2D eigenvalue weighted by Gasteiger charge is 2.20. The molecule has 4 nitrogen and oxygen atoms in total. The fourth-order valence-corrected chi connectivity index (χ4v) is 2.38. The Morgan fingerprint density at radius 1 is 1.56 bits per heavy atom. The molecule has 1 amide bonds. The fraction of sp³-hybridized carbons (Fsp3) is 0.500. The van der Waals surface area contributed by atoms with E-state index in [1.165, 1.54) is 6.42 Å². The first-order valence-electron chi connectivity index (χ1n) is 6.40. The Kier molecular flexibility index (Phi) is 4.20. The summed E-state index contributed by atoms with van der Waals surface area (Å²) in [4.78, 5) is 14.1. The first kappa shape index (κ1) is 12.9. The average Bonchev–Trinajstić information content (AvgIpc) is 2.72. The van der Waals surface area contributed by atoms with Crippen LogP contribution in [0.25, 0.3) is 0 Å². The standard InChI is InChI=1S/C14H20N2O2/c1-16-7-3-5-12(16)10-15-14(18)9-11-4-2-6-13(17)8-11/h2,4,6,8,12,17H,3,5,7,9-10H2,1H3,(H,15,18). The van der Waals surface area contributed by atoms with Gasteiger partial charge in [0.15, 0.2) is 0 Å². The molecule has 1 aliphatic heterocycles. The van der Waals surface area contributed by atoms with Gasteiger partial charge in [-0.3, -0.25) is 4.79 Å². The van der Waals surface area contributed by atoms with E-state index in [-0.39, 0.29) is 11.7 Å².